The molecule has 170 valence electrons. The number of benzene rings is 1. The third-order valence-electron chi connectivity index (χ3n) is 5.98. The molecule has 0 aliphatic carbocycles. The highest BCUT2D eigenvalue weighted by atomic mass is 32.1. The predicted octanol–water partition coefficient (Wildman–Crippen LogP) is 5.95. The maximum absolute atomic E-state index is 14.9. The number of aromatic nitrogens is 1. The second-order valence-electron chi connectivity index (χ2n) is 8.52. The van der Waals surface area contributed by atoms with E-state index in [9.17, 15) is 9.18 Å². The van der Waals surface area contributed by atoms with Gasteiger partial charge in [-0.3, -0.25) is 4.79 Å². The summed E-state index contributed by atoms with van der Waals surface area (Å²) < 4.78 is 14.9. The van der Waals surface area contributed by atoms with Crippen molar-refractivity contribution < 1.29 is 9.18 Å². The van der Waals surface area contributed by atoms with Crippen LogP contribution in [0.2, 0.25) is 0 Å². The van der Waals surface area contributed by atoms with Crippen LogP contribution in [0.25, 0.3) is 9.88 Å². The second-order valence-corrected chi connectivity index (χ2v) is 10.3. The number of thiophene rings is 1. The largest absolute Gasteiger partial charge is 0.370 e. The first-order valence-electron chi connectivity index (χ1n) is 11.1. The van der Waals surface area contributed by atoms with Crippen molar-refractivity contribution in [1.82, 2.24) is 4.98 Å². The van der Waals surface area contributed by atoms with Gasteiger partial charge in [-0.15, -0.1) is 22.7 Å². The van der Waals surface area contributed by atoms with Crippen molar-refractivity contribution in [3.8, 4) is 9.88 Å². The zero-order valence-electron chi connectivity index (χ0n) is 18.4. The molecule has 0 spiro atoms. The highest BCUT2D eigenvalue weighted by Crippen LogP contribution is 2.36. The SMILES string of the molecule is CC(C)c1cc(N2CCC(CCN)CC2)c(NC(=O)c2csc(-c3cccs3)n2)cc1F. The quantitative estimate of drug-likeness (QED) is 0.446. The molecule has 3 aromatic rings. The molecule has 1 fully saturated rings. The number of hydrogen-bond acceptors (Lipinski definition) is 6. The van der Waals surface area contributed by atoms with Crippen LogP contribution < -0.4 is 16.0 Å². The number of hydrogen-bond donors (Lipinski definition) is 2. The molecule has 32 heavy (non-hydrogen) atoms. The summed E-state index contributed by atoms with van der Waals surface area (Å²) in [6, 6.07) is 7.30. The molecule has 0 atom stereocenters. The van der Waals surface area contributed by atoms with Gasteiger partial charge in [-0.05, 0) is 66.8 Å². The first kappa shape index (κ1) is 22.9. The molecule has 0 bridgehead atoms. The molecule has 3 heterocycles. The van der Waals surface area contributed by atoms with Crippen LogP contribution in [-0.2, 0) is 0 Å². The summed E-state index contributed by atoms with van der Waals surface area (Å²) in [5, 5.41) is 7.48. The Morgan fingerprint density at radius 3 is 2.75 bits per heavy atom. The average Bonchev–Trinajstić information content (AvgIpc) is 3.47. The standard InChI is InChI=1S/C24H29FN4OS2/c1-15(2)17-12-21(29-9-6-16(5-8-26)7-10-29)19(13-18(17)25)27-23(30)20-14-32-24(28-20)22-4-3-11-31-22/h3-4,11-16H,5-10,26H2,1-2H3,(H,27,30). The van der Waals surface area contributed by atoms with Crippen LogP contribution >= 0.6 is 22.7 Å². The van der Waals surface area contributed by atoms with Gasteiger partial charge in [-0.2, -0.15) is 0 Å². The van der Waals surface area contributed by atoms with Crippen LogP contribution in [-0.4, -0.2) is 30.5 Å². The molecular weight excluding hydrogens is 443 g/mol. The second kappa shape index (κ2) is 10.1. The monoisotopic (exact) mass is 472 g/mol. The fraction of sp³-hybridized carbons (Fsp3) is 0.417. The van der Waals surface area contributed by atoms with E-state index in [0.717, 1.165) is 47.9 Å². The Hall–Kier alpha value is -2.29. The lowest BCUT2D eigenvalue weighted by atomic mass is 9.92. The van der Waals surface area contributed by atoms with Crippen molar-refractivity contribution in [3.63, 3.8) is 0 Å². The Morgan fingerprint density at radius 1 is 1.31 bits per heavy atom. The molecular formula is C24H29FN4OS2. The average molecular weight is 473 g/mol. The number of nitrogens with zero attached hydrogens (tertiary/aromatic N) is 2. The number of carbonyl (C=O) groups excluding carboxylic acids is 1. The van der Waals surface area contributed by atoms with E-state index in [0.29, 0.717) is 29.4 Å². The smallest absolute Gasteiger partial charge is 0.275 e. The first-order chi connectivity index (χ1) is 15.5. The van der Waals surface area contributed by atoms with Crippen LogP contribution in [0.15, 0.2) is 35.0 Å². The molecule has 1 saturated heterocycles. The number of piperidine rings is 1. The van der Waals surface area contributed by atoms with Crippen LogP contribution in [0.5, 0.6) is 0 Å². The summed E-state index contributed by atoms with van der Waals surface area (Å²) in [5.41, 5.74) is 8.12. The summed E-state index contributed by atoms with van der Waals surface area (Å²) >= 11 is 3.02. The van der Waals surface area contributed by atoms with Crippen LogP contribution in [0, 0.1) is 11.7 Å². The minimum atomic E-state index is -0.319. The minimum Gasteiger partial charge on any atom is -0.370 e. The summed E-state index contributed by atoms with van der Waals surface area (Å²) in [7, 11) is 0. The molecule has 3 N–H and O–H groups in total. The number of thiazole rings is 1. The van der Waals surface area contributed by atoms with Crippen molar-refractivity contribution in [2.24, 2.45) is 11.7 Å². The number of halogens is 1. The minimum absolute atomic E-state index is 0.0557. The Kier molecular flexibility index (Phi) is 7.23. The summed E-state index contributed by atoms with van der Waals surface area (Å²) in [6.07, 6.45) is 3.14. The molecule has 1 amide bonds. The molecule has 0 radical (unpaired) electrons. The Labute approximate surface area is 196 Å². The number of rotatable bonds is 7. The number of nitrogens with one attached hydrogen (secondary N) is 1. The maximum Gasteiger partial charge on any atom is 0.275 e. The van der Waals surface area contributed by atoms with Gasteiger partial charge in [0.1, 0.15) is 16.5 Å². The van der Waals surface area contributed by atoms with E-state index in [2.05, 4.69) is 15.2 Å². The molecule has 2 aromatic heterocycles. The maximum atomic E-state index is 14.9. The van der Waals surface area contributed by atoms with Gasteiger partial charge in [0.2, 0.25) is 0 Å². The Morgan fingerprint density at radius 2 is 2.09 bits per heavy atom. The van der Waals surface area contributed by atoms with Gasteiger partial charge in [-0.1, -0.05) is 19.9 Å². The van der Waals surface area contributed by atoms with Crippen LogP contribution in [0.1, 0.15) is 55.1 Å². The number of anilines is 2. The van der Waals surface area contributed by atoms with Crippen molar-refractivity contribution >= 4 is 40.0 Å². The van der Waals surface area contributed by atoms with Crippen molar-refractivity contribution in [3.05, 3.63) is 52.1 Å². The van der Waals surface area contributed by atoms with Gasteiger partial charge >= 0.3 is 0 Å². The van der Waals surface area contributed by atoms with Gasteiger partial charge in [0.15, 0.2) is 0 Å². The topological polar surface area (TPSA) is 71.2 Å². The van der Waals surface area contributed by atoms with Gasteiger partial charge in [0.05, 0.1) is 16.3 Å². The van der Waals surface area contributed by atoms with Gasteiger partial charge < -0.3 is 16.0 Å². The number of nitrogens with two attached hydrogens (primary N) is 1. The third-order valence-corrected chi connectivity index (χ3v) is 7.87. The van der Waals surface area contributed by atoms with Crippen molar-refractivity contribution in [2.45, 2.75) is 39.0 Å². The van der Waals surface area contributed by atoms with Crippen molar-refractivity contribution in [2.75, 3.05) is 29.9 Å². The third kappa shape index (κ3) is 5.03. The van der Waals surface area contributed by atoms with Gasteiger partial charge in [0, 0.05) is 18.5 Å². The molecule has 0 saturated carbocycles. The fourth-order valence-electron chi connectivity index (χ4n) is 4.16. The lowest BCUT2D eigenvalue weighted by Crippen LogP contribution is -2.35. The lowest BCUT2D eigenvalue weighted by molar-refractivity contribution is 0.102. The van der Waals surface area contributed by atoms with E-state index in [4.69, 9.17) is 5.73 Å². The van der Waals surface area contributed by atoms with Crippen LogP contribution in [0.4, 0.5) is 15.8 Å². The zero-order valence-corrected chi connectivity index (χ0v) is 20.1. The van der Waals surface area contributed by atoms with Gasteiger partial charge in [-0.25, -0.2) is 9.37 Å². The molecule has 8 heteroatoms. The summed E-state index contributed by atoms with van der Waals surface area (Å²) in [4.78, 5) is 20.8. The Bertz CT molecular complexity index is 1060. The number of amides is 1. The molecule has 5 nitrogen and oxygen atoms in total. The fourth-order valence-corrected chi connectivity index (χ4v) is 5.77. The molecule has 4 rings (SSSR count). The van der Waals surface area contributed by atoms with E-state index >= 15 is 0 Å². The number of carbonyl (C=O) groups is 1. The van der Waals surface area contributed by atoms with E-state index in [1.54, 1.807) is 16.7 Å². The highest BCUT2D eigenvalue weighted by molar-refractivity contribution is 7.20. The normalized spacial score (nSPS) is 14.8. The van der Waals surface area contributed by atoms with E-state index in [-0.39, 0.29) is 17.6 Å². The summed E-state index contributed by atoms with van der Waals surface area (Å²) in [5.74, 6) is 0.0693. The highest BCUT2D eigenvalue weighted by Gasteiger charge is 2.24. The molecule has 0 unspecified atom stereocenters. The molecule has 1 aliphatic heterocycles. The lowest BCUT2D eigenvalue weighted by Gasteiger charge is -2.35. The summed E-state index contributed by atoms with van der Waals surface area (Å²) in [6.45, 7) is 6.41. The van der Waals surface area contributed by atoms with E-state index < -0.39 is 0 Å². The van der Waals surface area contributed by atoms with Crippen LogP contribution in [0.3, 0.4) is 0 Å². The van der Waals surface area contributed by atoms with E-state index in [1.165, 1.54) is 17.4 Å². The Balaban J connectivity index is 1.58. The van der Waals surface area contributed by atoms with Gasteiger partial charge in [0.25, 0.3) is 5.91 Å². The molecule has 1 aromatic carbocycles. The van der Waals surface area contributed by atoms with E-state index in [1.807, 2.05) is 37.4 Å². The molecule has 1 aliphatic rings. The zero-order chi connectivity index (χ0) is 22.7. The van der Waals surface area contributed by atoms with Crippen molar-refractivity contribution in [1.29, 1.82) is 0 Å². The predicted molar refractivity (Wildman–Crippen MR) is 132 cm³/mol. The first-order valence-corrected chi connectivity index (χ1v) is 12.8.